The van der Waals surface area contributed by atoms with Crippen LogP contribution < -0.4 is 19.1 Å². The van der Waals surface area contributed by atoms with Crippen molar-refractivity contribution >= 4 is 32.6 Å². The quantitative estimate of drug-likeness (QED) is 0.267. The number of aromatic nitrogens is 1. The Hall–Kier alpha value is -3.66. The third-order valence-electron chi connectivity index (χ3n) is 6.42. The summed E-state index contributed by atoms with van der Waals surface area (Å²) in [6.45, 7) is 4.65. The molecule has 1 saturated heterocycles. The number of carbonyl (C=O) groups is 1. The second kappa shape index (κ2) is 12.3. The van der Waals surface area contributed by atoms with Crippen LogP contribution in [0.15, 0.2) is 66.7 Å². The minimum atomic E-state index is -0.171. The van der Waals surface area contributed by atoms with Gasteiger partial charge in [-0.15, -0.1) is 0 Å². The van der Waals surface area contributed by atoms with E-state index in [4.69, 9.17) is 23.9 Å². The van der Waals surface area contributed by atoms with E-state index < -0.39 is 0 Å². The molecule has 0 N–H and O–H groups in total. The van der Waals surface area contributed by atoms with E-state index in [9.17, 15) is 4.79 Å². The number of thiazole rings is 1. The standard InChI is InChI=1S/C29H31N3O5S/c1-34-24-13-14-25(35-2)27-26(24)30-29(38-27)32(16-8-15-31-17-19-36-20-18-31)28(33)22-11-6-7-12-23(22)37-21-9-4-3-5-10-21/h3-7,9-14H,8,15-20H2,1-2H3. The van der Waals surface area contributed by atoms with Crippen molar-refractivity contribution in [3.63, 3.8) is 0 Å². The van der Waals surface area contributed by atoms with Crippen molar-refractivity contribution in [2.75, 3.05) is 58.5 Å². The Morgan fingerprint density at radius 2 is 1.66 bits per heavy atom. The first-order valence-corrected chi connectivity index (χ1v) is 13.4. The number of rotatable bonds is 10. The number of methoxy groups -OCH3 is 2. The summed E-state index contributed by atoms with van der Waals surface area (Å²) in [5, 5.41) is 0.587. The highest BCUT2D eigenvalue weighted by molar-refractivity contribution is 7.22. The minimum absolute atomic E-state index is 0.171. The molecule has 38 heavy (non-hydrogen) atoms. The SMILES string of the molecule is COc1ccc(OC)c2sc(N(CCCN3CCOCC3)C(=O)c3ccccc3Oc3ccccc3)nc12. The number of benzene rings is 3. The third kappa shape index (κ3) is 5.75. The van der Waals surface area contributed by atoms with Gasteiger partial charge in [0.1, 0.15) is 33.2 Å². The summed E-state index contributed by atoms with van der Waals surface area (Å²) in [6, 6.07) is 20.5. The third-order valence-corrected chi connectivity index (χ3v) is 7.52. The van der Waals surface area contributed by atoms with Gasteiger partial charge in [0, 0.05) is 26.2 Å². The lowest BCUT2D eigenvalue weighted by molar-refractivity contribution is 0.0376. The Bertz CT molecular complexity index is 1330. The van der Waals surface area contributed by atoms with Gasteiger partial charge in [0.2, 0.25) is 0 Å². The number of hydrogen-bond acceptors (Lipinski definition) is 8. The number of hydrogen-bond donors (Lipinski definition) is 0. The molecule has 0 spiro atoms. The fourth-order valence-electron chi connectivity index (χ4n) is 4.44. The molecule has 9 heteroatoms. The number of nitrogens with zero attached hydrogens (tertiary/aromatic N) is 3. The second-order valence-electron chi connectivity index (χ2n) is 8.82. The van der Waals surface area contributed by atoms with Crippen molar-refractivity contribution in [2.24, 2.45) is 0 Å². The van der Waals surface area contributed by atoms with Crippen molar-refractivity contribution in [1.82, 2.24) is 9.88 Å². The maximum absolute atomic E-state index is 14.1. The van der Waals surface area contributed by atoms with Gasteiger partial charge in [0.25, 0.3) is 5.91 Å². The molecule has 8 nitrogen and oxygen atoms in total. The molecule has 0 aliphatic carbocycles. The molecule has 5 rings (SSSR count). The lowest BCUT2D eigenvalue weighted by atomic mass is 10.1. The Morgan fingerprint density at radius 1 is 0.947 bits per heavy atom. The van der Waals surface area contributed by atoms with E-state index in [-0.39, 0.29) is 5.91 Å². The van der Waals surface area contributed by atoms with E-state index in [1.807, 2.05) is 60.7 Å². The maximum atomic E-state index is 14.1. The van der Waals surface area contributed by atoms with Crippen LogP contribution in [0.3, 0.4) is 0 Å². The van der Waals surface area contributed by atoms with Crippen molar-refractivity contribution < 1.29 is 23.7 Å². The second-order valence-corrected chi connectivity index (χ2v) is 9.80. The molecule has 4 aromatic rings. The van der Waals surface area contributed by atoms with Gasteiger partial charge in [0.05, 0.1) is 33.0 Å². The molecular weight excluding hydrogens is 502 g/mol. The fraction of sp³-hybridized carbons (Fsp3) is 0.310. The molecule has 0 saturated carbocycles. The molecule has 1 fully saturated rings. The Balaban J connectivity index is 1.49. The van der Waals surface area contributed by atoms with Crippen LogP contribution in [0.25, 0.3) is 10.2 Å². The van der Waals surface area contributed by atoms with E-state index in [0.29, 0.717) is 45.8 Å². The minimum Gasteiger partial charge on any atom is -0.495 e. The molecule has 1 aromatic heterocycles. The van der Waals surface area contributed by atoms with Crippen molar-refractivity contribution in [1.29, 1.82) is 0 Å². The van der Waals surface area contributed by atoms with Crippen LogP contribution >= 0.6 is 11.3 Å². The number of ether oxygens (including phenoxy) is 4. The van der Waals surface area contributed by atoms with E-state index in [0.717, 1.165) is 44.0 Å². The predicted molar refractivity (Wildman–Crippen MR) is 149 cm³/mol. The number of amides is 1. The zero-order chi connectivity index (χ0) is 26.3. The molecular formula is C29H31N3O5S. The summed E-state index contributed by atoms with van der Waals surface area (Å²) in [6.07, 6.45) is 0.789. The van der Waals surface area contributed by atoms with Crippen molar-refractivity contribution in [2.45, 2.75) is 6.42 Å². The normalized spacial score (nSPS) is 13.8. The van der Waals surface area contributed by atoms with E-state index in [2.05, 4.69) is 4.90 Å². The molecule has 1 aliphatic rings. The summed E-state index contributed by atoms with van der Waals surface area (Å²) in [7, 11) is 3.24. The molecule has 3 aromatic carbocycles. The first-order chi connectivity index (χ1) is 18.7. The molecule has 2 heterocycles. The van der Waals surface area contributed by atoms with Gasteiger partial charge in [-0.3, -0.25) is 14.6 Å². The molecule has 0 bridgehead atoms. The fourth-order valence-corrected chi connectivity index (χ4v) is 5.54. The lowest BCUT2D eigenvalue weighted by Gasteiger charge is -2.28. The Labute approximate surface area is 226 Å². The number of anilines is 1. The first kappa shape index (κ1) is 26.0. The largest absolute Gasteiger partial charge is 0.495 e. The number of morpholine rings is 1. The maximum Gasteiger partial charge on any atom is 0.263 e. The predicted octanol–water partition coefficient (Wildman–Crippen LogP) is 5.47. The van der Waals surface area contributed by atoms with Crippen LogP contribution in [0, 0.1) is 0 Å². The smallest absolute Gasteiger partial charge is 0.263 e. The van der Waals surface area contributed by atoms with E-state index >= 15 is 0 Å². The first-order valence-electron chi connectivity index (χ1n) is 12.6. The van der Waals surface area contributed by atoms with E-state index in [1.54, 1.807) is 25.2 Å². The van der Waals surface area contributed by atoms with Gasteiger partial charge >= 0.3 is 0 Å². The van der Waals surface area contributed by atoms with Crippen molar-refractivity contribution in [3.8, 4) is 23.0 Å². The zero-order valence-corrected chi connectivity index (χ0v) is 22.4. The summed E-state index contributed by atoms with van der Waals surface area (Å²) in [5.41, 5.74) is 1.15. The number of fused-ring (bicyclic) bond motifs is 1. The van der Waals surface area contributed by atoms with Gasteiger partial charge < -0.3 is 18.9 Å². The van der Waals surface area contributed by atoms with Crippen LogP contribution in [-0.4, -0.2) is 69.4 Å². The van der Waals surface area contributed by atoms with Crippen LogP contribution in [0.4, 0.5) is 5.13 Å². The molecule has 1 amide bonds. The summed E-state index contributed by atoms with van der Waals surface area (Å²) in [4.78, 5) is 23.1. The molecule has 0 radical (unpaired) electrons. The van der Waals surface area contributed by atoms with Crippen LogP contribution in [0.5, 0.6) is 23.0 Å². The van der Waals surface area contributed by atoms with Gasteiger partial charge in [-0.2, -0.15) is 0 Å². The number of para-hydroxylation sites is 2. The highest BCUT2D eigenvalue weighted by Gasteiger charge is 2.26. The van der Waals surface area contributed by atoms with Gasteiger partial charge in [-0.05, 0) is 42.8 Å². The monoisotopic (exact) mass is 533 g/mol. The van der Waals surface area contributed by atoms with Crippen LogP contribution in [0.1, 0.15) is 16.8 Å². The number of carbonyl (C=O) groups excluding carboxylic acids is 1. The Morgan fingerprint density at radius 3 is 2.42 bits per heavy atom. The summed E-state index contributed by atoms with van der Waals surface area (Å²) in [5.74, 6) is 2.32. The highest BCUT2D eigenvalue weighted by atomic mass is 32.1. The van der Waals surface area contributed by atoms with E-state index in [1.165, 1.54) is 11.3 Å². The van der Waals surface area contributed by atoms with Crippen LogP contribution in [-0.2, 0) is 4.74 Å². The summed E-state index contributed by atoms with van der Waals surface area (Å²) < 4.78 is 23.6. The molecule has 0 unspecified atom stereocenters. The van der Waals surface area contributed by atoms with Gasteiger partial charge in [-0.25, -0.2) is 4.98 Å². The Kier molecular flexibility index (Phi) is 8.37. The molecule has 0 atom stereocenters. The van der Waals surface area contributed by atoms with Gasteiger partial charge in [-0.1, -0.05) is 41.7 Å². The average molecular weight is 534 g/mol. The lowest BCUT2D eigenvalue weighted by Crippen LogP contribution is -2.39. The zero-order valence-electron chi connectivity index (χ0n) is 21.6. The topological polar surface area (TPSA) is 73.4 Å². The van der Waals surface area contributed by atoms with Crippen molar-refractivity contribution in [3.05, 3.63) is 72.3 Å². The summed E-state index contributed by atoms with van der Waals surface area (Å²) >= 11 is 1.42. The molecule has 198 valence electrons. The molecule has 1 aliphatic heterocycles. The highest BCUT2D eigenvalue weighted by Crippen LogP contribution is 2.41. The average Bonchev–Trinajstić information content (AvgIpc) is 3.41. The van der Waals surface area contributed by atoms with Gasteiger partial charge in [0.15, 0.2) is 5.13 Å². The van der Waals surface area contributed by atoms with Crippen LogP contribution in [0.2, 0.25) is 0 Å².